The van der Waals surface area contributed by atoms with Crippen molar-refractivity contribution in [1.29, 1.82) is 0 Å². The van der Waals surface area contributed by atoms with E-state index in [1.54, 1.807) is 13.0 Å². The SMILES string of the molecule is Cc1cnc(C(N)c2ccccc2OC(F)(F)F)cn1. The number of aromatic nitrogens is 2. The van der Waals surface area contributed by atoms with Gasteiger partial charge in [0.05, 0.1) is 23.6 Å². The average molecular weight is 283 g/mol. The number of para-hydroxylation sites is 1. The van der Waals surface area contributed by atoms with E-state index in [1.807, 2.05) is 0 Å². The molecule has 0 saturated heterocycles. The van der Waals surface area contributed by atoms with Gasteiger partial charge in [-0.05, 0) is 13.0 Å². The molecular formula is C13H12F3N3O. The van der Waals surface area contributed by atoms with Gasteiger partial charge in [-0.2, -0.15) is 0 Å². The summed E-state index contributed by atoms with van der Waals surface area (Å²) in [5.74, 6) is -0.338. The van der Waals surface area contributed by atoms with E-state index in [2.05, 4.69) is 14.7 Å². The minimum atomic E-state index is -4.77. The first-order chi connectivity index (χ1) is 9.37. The van der Waals surface area contributed by atoms with Crippen LogP contribution in [0, 0.1) is 6.92 Å². The van der Waals surface area contributed by atoms with E-state index in [0.29, 0.717) is 11.4 Å². The molecular weight excluding hydrogens is 271 g/mol. The van der Waals surface area contributed by atoms with Crippen molar-refractivity contribution in [3.05, 3.63) is 53.6 Å². The summed E-state index contributed by atoms with van der Waals surface area (Å²) in [7, 11) is 0. The van der Waals surface area contributed by atoms with Crippen molar-refractivity contribution in [3.63, 3.8) is 0 Å². The second kappa shape index (κ2) is 5.46. The highest BCUT2D eigenvalue weighted by Gasteiger charge is 2.32. The number of alkyl halides is 3. The van der Waals surface area contributed by atoms with Crippen molar-refractivity contribution < 1.29 is 17.9 Å². The van der Waals surface area contributed by atoms with Gasteiger partial charge in [0.25, 0.3) is 0 Å². The third kappa shape index (κ3) is 3.45. The highest BCUT2D eigenvalue weighted by atomic mass is 19.4. The lowest BCUT2D eigenvalue weighted by Crippen LogP contribution is -2.21. The van der Waals surface area contributed by atoms with Crippen LogP contribution in [0.1, 0.15) is 23.0 Å². The van der Waals surface area contributed by atoms with E-state index in [-0.39, 0.29) is 11.3 Å². The smallest absolute Gasteiger partial charge is 0.405 e. The van der Waals surface area contributed by atoms with Gasteiger partial charge >= 0.3 is 6.36 Å². The van der Waals surface area contributed by atoms with Gasteiger partial charge in [-0.25, -0.2) is 0 Å². The van der Waals surface area contributed by atoms with E-state index >= 15 is 0 Å². The normalized spacial score (nSPS) is 13.1. The summed E-state index contributed by atoms with van der Waals surface area (Å²) in [4.78, 5) is 8.09. The molecule has 0 aliphatic carbocycles. The van der Waals surface area contributed by atoms with Crippen molar-refractivity contribution in [2.75, 3.05) is 0 Å². The molecule has 0 saturated carbocycles. The zero-order valence-electron chi connectivity index (χ0n) is 10.6. The molecule has 2 N–H and O–H groups in total. The van der Waals surface area contributed by atoms with Crippen molar-refractivity contribution >= 4 is 0 Å². The van der Waals surface area contributed by atoms with Crippen LogP contribution in [-0.2, 0) is 0 Å². The second-order valence-electron chi connectivity index (χ2n) is 4.15. The highest BCUT2D eigenvalue weighted by molar-refractivity contribution is 5.39. The van der Waals surface area contributed by atoms with Crippen LogP contribution < -0.4 is 10.5 Å². The molecule has 0 bridgehead atoms. The number of nitrogens with zero attached hydrogens (tertiary/aromatic N) is 2. The van der Waals surface area contributed by atoms with Crippen LogP contribution in [0.5, 0.6) is 5.75 Å². The van der Waals surface area contributed by atoms with E-state index in [1.165, 1.54) is 30.6 Å². The summed E-state index contributed by atoms with van der Waals surface area (Å²) in [5.41, 5.74) is 7.20. The fourth-order valence-electron chi connectivity index (χ4n) is 1.68. The zero-order chi connectivity index (χ0) is 14.8. The lowest BCUT2D eigenvalue weighted by molar-refractivity contribution is -0.274. The maximum Gasteiger partial charge on any atom is 0.573 e. The molecule has 0 aliphatic rings. The predicted octanol–water partition coefficient (Wildman–Crippen LogP) is 2.73. The second-order valence-corrected chi connectivity index (χ2v) is 4.15. The van der Waals surface area contributed by atoms with Crippen LogP contribution >= 0.6 is 0 Å². The third-order valence-electron chi connectivity index (χ3n) is 2.60. The van der Waals surface area contributed by atoms with Crippen LogP contribution in [0.2, 0.25) is 0 Å². The Hall–Kier alpha value is -2.15. The van der Waals surface area contributed by atoms with Gasteiger partial charge < -0.3 is 10.5 Å². The van der Waals surface area contributed by atoms with E-state index in [9.17, 15) is 13.2 Å². The van der Waals surface area contributed by atoms with Crippen molar-refractivity contribution in [2.24, 2.45) is 5.73 Å². The first-order valence-corrected chi connectivity index (χ1v) is 5.75. The monoisotopic (exact) mass is 283 g/mol. The standard InChI is InChI=1S/C13H12F3N3O/c1-8-6-19-10(7-18-8)12(17)9-4-2-3-5-11(9)20-13(14,15)16/h2-7,12H,17H2,1H3. The molecule has 2 aromatic rings. The minimum Gasteiger partial charge on any atom is -0.405 e. The lowest BCUT2D eigenvalue weighted by Gasteiger charge is -2.17. The Morgan fingerprint density at radius 3 is 2.45 bits per heavy atom. The number of benzene rings is 1. The molecule has 0 amide bonds. The van der Waals surface area contributed by atoms with E-state index in [4.69, 9.17) is 5.73 Å². The molecule has 0 fully saturated rings. The number of hydrogen-bond acceptors (Lipinski definition) is 4. The van der Waals surface area contributed by atoms with Crippen LogP contribution in [0.25, 0.3) is 0 Å². The molecule has 20 heavy (non-hydrogen) atoms. The molecule has 0 radical (unpaired) electrons. The van der Waals surface area contributed by atoms with E-state index < -0.39 is 12.4 Å². The van der Waals surface area contributed by atoms with Crippen LogP contribution in [0.4, 0.5) is 13.2 Å². The molecule has 7 heteroatoms. The maximum absolute atomic E-state index is 12.3. The molecule has 4 nitrogen and oxygen atoms in total. The van der Waals surface area contributed by atoms with Gasteiger partial charge in [0.2, 0.25) is 0 Å². The third-order valence-corrected chi connectivity index (χ3v) is 2.60. The Morgan fingerprint density at radius 1 is 1.15 bits per heavy atom. The number of nitrogens with two attached hydrogens (primary N) is 1. The summed E-state index contributed by atoms with van der Waals surface area (Å²) in [6.07, 6.45) is -1.83. The number of ether oxygens (including phenoxy) is 1. The number of aryl methyl sites for hydroxylation is 1. The fraction of sp³-hybridized carbons (Fsp3) is 0.231. The first-order valence-electron chi connectivity index (χ1n) is 5.75. The van der Waals surface area contributed by atoms with Crippen molar-refractivity contribution in [1.82, 2.24) is 9.97 Å². The highest BCUT2D eigenvalue weighted by Crippen LogP contribution is 2.31. The van der Waals surface area contributed by atoms with Gasteiger partial charge in [-0.1, -0.05) is 18.2 Å². The Balaban J connectivity index is 2.34. The summed E-state index contributed by atoms with van der Waals surface area (Å²) in [6, 6.07) is 4.86. The van der Waals surface area contributed by atoms with Crippen LogP contribution in [0.3, 0.4) is 0 Å². The molecule has 0 aliphatic heterocycles. The topological polar surface area (TPSA) is 61.0 Å². The molecule has 1 unspecified atom stereocenters. The molecule has 1 heterocycles. The van der Waals surface area contributed by atoms with Gasteiger partial charge in [0.1, 0.15) is 5.75 Å². The molecule has 2 rings (SSSR count). The number of rotatable bonds is 3. The van der Waals surface area contributed by atoms with E-state index in [0.717, 1.165) is 0 Å². The van der Waals surface area contributed by atoms with Crippen LogP contribution in [0.15, 0.2) is 36.7 Å². The first kappa shape index (κ1) is 14.3. The van der Waals surface area contributed by atoms with Gasteiger partial charge in [-0.15, -0.1) is 13.2 Å². The van der Waals surface area contributed by atoms with Gasteiger partial charge in [0, 0.05) is 11.8 Å². The molecule has 1 aromatic carbocycles. The van der Waals surface area contributed by atoms with Gasteiger partial charge in [0.15, 0.2) is 0 Å². The fourth-order valence-corrected chi connectivity index (χ4v) is 1.68. The predicted molar refractivity (Wildman–Crippen MR) is 65.9 cm³/mol. The molecule has 0 spiro atoms. The maximum atomic E-state index is 12.3. The molecule has 1 atom stereocenters. The summed E-state index contributed by atoms with van der Waals surface area (Å²) in [5, 5.41) is 0. The van der Waals surface area contributed by atoms with Gasteiger partial charge in [-0.3, -0.25) is 9.97 Å². The Morgan fingerprint density at radius 2 is 1.85 bits per heavy atom. The Labute approximate surface area is 113 Å². The van der Waals surface area contributed by atoms with Crippen molar-refractivity contribution in [3.8, 4) is 5.75 Å². The summed E-state index contributed by atoms with van der Waals surface area (Å²) in [6.45, 7) is 1.75. The molecule has 1 aromatic heterocycles. The van der Waals surface area contributed by atoms with Crippen molar-refractivity contribution in [2.45, 2.75) is 19.3 Å². The minimum absolute atomic E-state index is 0.197. The summed E-state index contributed by atoms with van der Waals surface area (Å²) >= 11 is 0. The molecule has 106 valence electrons. The van der Waals surface area contributed by atoms with Crippen LogP contribution in [-0.4, -0.2) is 16.3 Å². The lowest BCUT2D eigenvalue weighted by atomic mass is 10.0. The zero-order valence-corrected chi connectivity index (χ0v) is 10.6. The Bertz CT molecular complexity index is 584. The average Bonchev–Trinajstić information content (AvgIpc) is 2.37. The summed E-state index contributed by atoms with van der Waals surface area (Å²) < 4.78 is 41.0. The number of hydrogen-bond donors (Lipinski definition) is 1. The quantitative estimate of drug-likeness (QED) is 0.940. The largest absolute Gasteiger partial charge is 0.573 e. The number of halogens is 3. The Kier molecular flexibility index (Phi) is 3.89.